The van der Waals surface area contributed by atoms with Crippen LogP contribution in [0.25, 0.3) is 0 Å². The molecule has 0 spiro atoms. The first-order valence-electron chi connectivity index (χ1n) is 6.74. The van der Waals surface area contributed by atoms with Crippen molar-refractivity contribution in [2.24, 2.45) is 0 Å². The number of nitrogens with zero attached hydrogens (tertiary/aromatic N) is 1. The van der Waals surface area contributed by atoms with Crippen LogP contribution in [-0.2, 0) is 6.54 Å². The minimum absolute atomic E-state index is 0.739. The fourth-order valence-corrected chi connectivity index (χ4v) is 2.98. The van der Waals surface area contributed by atoms with E-state index in [2.05, 4.69) is 35.2 Å². The zero-order valence-corrected chi connectivity index (χ0v) is 11.2. The molecular weight excluding hydrogens is 230 g/mol. The lowest BCUT2D eigenvalue weighted by Gasteiger charge is -2.34. The van der Waals surface area contributed by atoms with Crippen molar-refractivity contribution in [3.63, 3.8) is 0 Å². The molecule has 1 fully saturated rings. The molecule has 1 aromatic rings. The summed E-state index contributed by atoms with van der Waals surface area (Å²) in [6.45, 7) is 2.07. The van der Waals surface area contributed by atoms with Crippen LogP contribution in [0.2, 0.25) is 0 Å². The van der Waals surface area contributed by atoms with Crippen LogP contribution < -0.4 is 0 Å². The molecule has 1 aromatic carbocycles. The average Bonchev–Trinajstić information content (AvgIpc) is 2.40. The van der Waals surface area contributed by atoms with Crippen LogP contribution in [0.3, 0.4) is 0 Å². The van der Waals surface area contributed by atoms with Gasteiger partial charge in [-0.2, -0.15) is 0 Å². The summed E-state index contributed by atoms with van der Waals surface area (Å²) in [6, 6.07) is 11.5. The smallest absolute Gasteiger partial charge is 0.0351 e. The maximum Gasteiger partial charge on any atom is 0.0351 e. The molecule has 94 valence electrons. The zero-order valence-electron chi connectivity index (χ0n) is 10.4. The predicted octanol–water partition coefficient (Wildman–Crippen LogP) is 4.06. The van der Waals surface area contributed by atoms with Gasteiger partial charge >= 0.3 is 0 Å². The lowest BCUT2D eigenvalue weighted by Crippen LogP contribution is -2.37. The van der Waals surface area contributed by atoms with Crippen molar-refractivity contribution in [3.05, 3.63) is 35.9 Å². The molecule has 0 unspecified atom stereocenters. The fourth-order valence-electron chi connectivity index (χ4n) is 2.76. The molecule has 1 aliphatic carbocycles. The monoisotopic (exact) mass is 251 g/mol. The summed E-state index contributed by atoms with van der Waals surface area (Å²) in [5.74, 6) is 0.739. The van der Waals surface area contributed by atoms with Crippen LogP contribution in [0.15, 0.2) is 30.3 Å². The van der Waals surface area contributed by atoms with E-state index in [0.717, 1.165) is 25.0 Å². The van der Waals surface area contributed by atoms with Gasteiger partial charge in [0.25, 0.3) is 0 Å². The summed E-state index contributed by atoms with van der Waals surface area (Å²) in [5.41, 5.74) is 1.41. The minimum atomic E-state index is 0.739. The topological polar surface area (TPSA) is 3.24 Å². The second-order valence-electron chi connectivity index (χ2n) is 4.94. The molecule has 1 nitrogen and oxygen atoms in total. The molecule has 0 saturated heterocycles. The zero-order chi connectivity index (χ0) is 11.9. The number of benzene rings is 1. The molecule has 0 radical (unpaired) electrons. The summed E-state index contributed by atoms with van der Waals surface area (Å²) in [7, 11) is 0. The van der Waals surface area contributed by atoms with E-state index in [1.165, 1.54) is 37.7 Å². The van der Waals surface area contributed by atoms with Gasteiger partial charge in [0, 0.05) is 25.0 Å². The van der Waals surface area contributed by atoms with Crippen molar-refractivity contribution in [1.29, 1.82) is 0 Å². The van der Waals surface area contributed by atoms with Crippen molar-refractivity contribution in [2.45, 2.75) is 44.7 Å². The predicted molar refractivity (Wildman–Crippen MR) is 74.4 cm³/mol. The summed E-state index contributed by atoms with van der Waals surface area (Å²) < 4.78 is 0. The van der Waals surface area contributed by atoms with Gasteiger partial charge in [-0.15, -0.1) is 11.6 Å². The Kier molecular flexibility index (Phi) is 5.34. The third-order valence-corrected chi connectivity index (χ3v) is 3.86. The van der Waals surface area contributed by atoms with Crippen molar-refractivity contribution in [3.8, 4) is 0 Å². The number of hydrogen-bond donors (Lipinski definition) is 0. The van der Waals surface area contributed by atoms with Crippen molar-refractivity contribution < 1.29 is 0 Å². The van der Waals surface area contributed by atoms with E-state index in [-0.39, 0.29) is 0 Å². The van der Waals surface area contributed by atoms with Gasteiger partial charge in [-0.1, -0.05) is 49.6 Å². The van der Waals surface area contributed by atoms with Crippen LogP contribution in [-0.4, -0.2) is 23.4 Å². The first kappa shape index (κ1) is 12.9. The summed E-state index contributed by atoms with van der Waals surface area (Å²) >= 11 is 5.94. The lowest BCUT2D eigenvalue weighted by atomic mass is 9.94. The van der Waals surface area contributed by atoms with E-state index in [1.807, 2.05) is 0 Å². The third-order valence-electron chi connectivity index (χ3n) is 3.69. The van der Waals surface area contributed by atoms with E-state index in [9.17, 15) is 0 Å². The van der Waals surface area contributed by atoms with E-state index in [1.54, 1.807) is 0 Å². The van der Waals surface area contributed by atoms with Gasteiger partial charge in [0.15, 0.2) is 0 Å². The van der Waals surface area contributed by atoms with E-state index < -0.39 is 0 Å². The van der Waals surface area contributed by atoms with Gasteiger partial charge in [-0.25, -0.2) is 0 Å². The molecule has 17 heavy (non-hydrogen) atoms. The van der Waals surface area contributed by atoms with Crippen LogP contribution in [0, 0.1) is 0 Å². The molecule has 0 aromatic heterocycles. The molecule has 1 saturated carbocycles. The maximum atomic E-state index is 5.94. The molecule has 0 N–H and O–H groups in total. The van der Waals surface area contributed by atoms with Crippen molar-refractivity contribution >= 4 is 11.6 Å². The molecule has 0 aliphatic heterocycles. The van der Waals surface area contributed by atoms with Crippen LogP contribution in [0.5, 0.6) is 0 Å². The van der Waals surface area contributed by atoms with E-state index in [4.69, 9.17) is 11.6 Å². The fraction of sp³-hybridized carbons (Fsp3) is 0.600. The van der Waals surface area contributed by atoms with Gasteiger partial charge < -0.3 is 0 Å². The molecular formula is C15H22ClN. The normalized spacial score (nSPS) is 17.5. The highest BCUT2D eigenvalue weighted by Gasteiger charge is 2.20. The van der Waals surface area contributed by atoms with Gasteiger partial charge in [0.1, 0.15) is 0 Å². The Balaban J connectivity index is 1.96. The Morgan fingerprint density at radius 2 is 1.76 bits per heavy atom. The van der Waals surface area contributed by atoms with Crippen LogP contribution >= 0.6 is 11.6 Å². The number of alkyl halides is 1. The molecule has 0 heterocycles. The molecule has 0 bridgehead atoms. The summed E-state index contributed by atoms with van der Waals surface area (Å²) in [5, 5.41) is 0. The van der Waals surface area contributed by atoms with Crippen LogP contribution in [0.1, 0.15) is 37.7 Å². The Labute approximate surface area is 110 Å². The number of halogens is 1. The van der Waals surface area contributed by atoms with Crippen LogP contribution in [0.4, 0.5) is 0 Å². The maximum absolute atomic E-state index is 5.94. The second-order valence-corrected chi connectivity index (χ2v) is 5.31. The average molecular weight is 252 g/mol. The third kappa shape index (κ3) is 4.01. The quantitative estimate of drug-likeness (QED) is 0.714. The molecule has 1 aliphatic rings. The second kappa shape index (κ2) is 7.03. The van der Waals surface area contributed by atoms with Gasteiger partial charge in [-0.3, -0.25) is 4.90 Å². The first-order valence-corrected chi connectivity index (χ1v) is 7.27. The van der Waals surface area contributed by atoms with E-state index >= 15 is 0 Å². The van der Waals surface area contributed by atoms with Gasteiger partial charge in [-0.05, 0) is 18.4 Å². The Bertz CT molecular complexity index is 306. The van der Waals surface area contributed by atoms with E-state index in [0.29, 0.717) is 0 Å². The number of hydrogen-bond acceptors (Lipinski definition) is 1. The highest BCUT2D eigenvalue weighted by atomic mass is 35.5. The minimum Gasteiger partial charge on any atom is -0.295 e. The molecule has 0 atom stereocenters. The lowest BCUT2D eigenvalue weighted by molar-refractivity contribution is 0.157. The standard InChI is InChI=1S/C15H22ClN/c16-11-12-17(15-9-5-2-6-10-15)13-14-7-3-1-4-8-14/h1,3-4,7-8,15H,2,5-6,9-13H2. The van der Waals surface area contributed by atoms with Gasteiger partial charge in [0.05, 0.1) is 0 Å². The Morgan fingerprint density at radius 1 is 1.06 bits per heavy atom. The Morgan fingerprint density at radius 3 is 2.41 bits per heavy atom. The number of rotatable bonds is 5. The highest BCUT2D eigenvalue weighted by Crippen LogP contribution is 2.23. The summed E-state index contributed by atoms with van der Waals surface area (Å²) in [4.78, 5) is 2.57. The largest absolute Gasteiger partial charge is 0.295 e. The SMILES string of the molecule is ClCCN(Cc1ccccc1)C1CCCCC1. The molecule has 2 rings (SSSR count). The van der Waals surface area contributed by atoms with Gasteiger partial charge in [0.2, 0.25) is 0 Å². The molecule has 0 amide bonds. The first-order chi connectivity index (χ1) is 8.40. The summed E-state index contributed by atoms with van der Waals surface area (Å²) in [6.07, 6.45) is 6.89. The highest BCUT2D eigenvalue weighted by molar-refractivity contribution is 6.18. The van der Waals surface area contributed by atoms with Crippen molar-refractivity contribution in [2.75, 3.05) is 12.4 Å². The Hall–Kier alpha value is -0.530. The molecule has 2 heteroatoms. The van der Waals surface area contributed by atoms with Crippen molar-refractivity contribution in [1.82, 2.24) is 4.90 Å².